The molecule has 1 rings (SSSR count). The Morgan fingerprint density at radius 1 is 1.42 bits per heavy atom. The molecule has 66 valence electrons. The summed E-state index contributed by atoms with van der Waals surface area (Å²) in [5.41, 5.74) is 9.34. The molecule has 0 spiro atoms. The number of aryl methyl sites for hydroxylation is 1. The number of nitrogens with two attached hydrogens (primary N) is 1. The van der Waals surface area contributed by atoms with Crippen LogP contribution >= 0.6 is 0 Å². The zero-order chi connectivity index (χ0) is 9.14. The van der Waals surface area contributed by atoms with Crippen molar-refractivity contribution >= 4 is 5.69 Å². The van der Waals surface area contributed by atoms with E-state index in [1.54, 1.807) is 0 Å². The van der Waals surface area contributed by atoms with Gasteiger partial charge in [-0.25, -0.2) is 0 Å². The summed E-state index contributed by atoms with van der Waals surface area (Å²) in [5.74, 6) is 0. The molecule has 0 aromatic heterocycles. The van der Waals surface area contributed by atoms with E-state index in [9.17, 15) is 0 Å². The van der Waals surface area contributed by atoms with Gasteiger partial charge >= 0.3 is 0 Å². The van der Waals surface area contributed by atoms with Crippen LogP contribution in [0.3, 0.4) is 0 Å². The molecule has 2 heteroatoms. The van der Waals surface area contributed by atoms with E-state index in [4.69, 9.17) is 5.73 Å². The Labute approximate surface area is 73.8 Å². The molecule has 1 atom stereocenters. The summed E-state index contributed by atoms with van der Waals surface area (Å²) in [7, 11) is 1.92. The van der Waals surface area contributed by atoms with Crippen LogP contribution < -0.4 is 11.1 Å². The Balaban J connectivity index is 3.05. The first kappa shape index (κ1) is 9.07. The zero-order valence-corrected chi connectivity index (χ0v) is 7.89. The summed E-state index contributed by atoms with van der Waals surface area (Å²) in [6, 6.07) is 6.36. The first-order chi connectivity index (χ1) is 5.65. The van der Waals surface area contributed by atoms with Crippen molar-refractivity contribution in [3.8, 4) is 0 Å². The van der Waals surface area contributed by atoms with Crippen LogP contribution in [0, 0.1) is 6.92 Å². The zero-order valence-electron chi connectivity index (χ0n) is 7.89. The van der Waals surface area contributed by atoms with Crippen molar-refractivity contribution < 1.29 is 0 Å². The molecule has 0 heterocycles. The molecule has 1 aromatic rings. The largest absolute Gasteiger partial charge is 0.388 e. The second-order valence-corrected chi connectivity index (χ2v) is 3.11. The van der Waals surface area contributed by atoms with Gasteiger partial charge in [-0.2, -0.15) is 0 Å². The quantitative estimate of drug-likeness (QED) is 0.702. The molecule has 0 radical (unpaired) electrons. The molecule has 0 aliphatic carbocycles. The number of benzene rings is 1. The van der Waals surface area contributed by atoms with Crippen LogP contribution in [-0.2, 0) is 0 Å². The molecule has 1 aromatic carbocycles. The lowest BCUT2D eigenvalue weighted by atomic mass is 10.1. The van der Waals surface area contributed by atoms with E-state index >= 15 is 0 Å². The van der Waals surface area contributed by atoms with Crippen LogP contribution in [0.1, 0.15) is 24.1 Å². The van der Waals surface area contributed by atoms with Gasteiger partial charge in [-0.1, -0.05) is 12.1 Å². The average molecular weight is 164 g/mol. The molecule has 0 aliphatic heterocycles. The first-order valence-corrected chi connectivity index (χ1v) is 4.19. The average Bonchev–Trinajstić information content (AvgIpc) is 2.05. The minimum Gasteiger partial charge on any atom is -0.388 e. The molecule has 0 fully saturated rings. The van der Waals surface area contributed by atoms with Crippen LogP contribution in [-0.4, -0.2) is 7.05 Å². The number of rotatable bonds is 2. The van der Waals surface area contributed by atoms with Gasteiger partial charge in [0.25, 0.3) is 0 Å². The molecule has 0 saturated heterocycles. The normalized spacial score (nSPS) is 12.7. The molecule has 2 nitrogen and oxygen atoms in total. The predicted octanol–water partition coefficient (Wildman–Crippen LogP) is 2.06. The van der Waals surface area contributed by atoms with Crippen molar-refractivity contribution in [2.24, 2.45) is 5.73 Å². The molecular weight excluding hydrogens is 148 g/mol. The summed E-state index contributed by atoms with van der Waals surface area (Å²) >= 11 is 0. The van der Waals surface area contributed by atoms with E-state index in [1.165, 1.54) is 11.1 Å². The van der Waals surface area contributed by atoms with E-state index in [0.29, 0.717) is 0 Å². The lowest BCUT2D eigenvalue weighted by Gasteiger charge is -2.10. The minimum absolute atomic E-state index is 0.109. The summed E-state index contributed by atoms with van der Waals surface area (Å²) in [6.07, 6.45) is 0. The fourth-order valence-electron chi connectivity index (χ4n) is 1.19. The number of nitrogens with one attached hydrogen (secondary N) is 1. The molecule has 0 bridgehead atoms. The van der Waals surface area contributed by atoms with Gasteiger partial charge in [-0.15, -0.1) is 0 Å². The highest BCUT2D eigenvalue weighted by atomic mass is 14.8. The van der Waals surface area contributed by atoms with Crippen LogP contribution in [0.15, 0.2) is 18.2 Å². The SMILES string of the molecule is CNc1cc(C(C)N)ccc1C. The number of anilines is 1. The Hall–Kier alpha value is -1.02. The topological polar surface area (TPSA) is 38.0 Å². The summed E-state index contributed by atoms with van der Waals surface area (Å²) in [6.45, 7) is 4.07. The Kier molecular flexibility index (Phi) is 2.71. The van der Waals surface area contributed by atoms with Gasteiger partial charge < -0.3 is 11.1 Å². The van der Waals surface area contributed by atoms with E-state index in [-0.39, 0.29) is 6.04 Å². The van der Waals surface area contributed by atoms with Crippen LogP contribution in [0.5, 0.6) is 0 Å². The molecule has 0 saturated carbocycles. The Bertz CT molecular complexity index is 267. The van der Waals surface area contributed by atoms with Gasteiger partial charge in [0.15, 0.2) is 0 Å². The fraction of sp³-hybridized carbons (Fsp3) is 0.400. The van der Waals surface area contributed by atoms with Crippen molar-refractivity contribution in [3.05, 3.63) is 29.3 Å². The molecule has 3 N–H and O–H groups in total. The predicted molar refractivity (Wildman–Crippen MR) is 53.3 cm³/mol. The van der Waals surface area contributed by atoms with Crippen molar-refractivity contribution in [1.29, 1.82) is 0 Å². The summed E-state index contributed by atoms with van der Waals surface area (Å²) < 4.78 is 0. The van der Waals surface area contributed by atoms with Gasteiger partial charge in [-0.05, 0) is 31.0 Å². The second kappa shape index (κ2) is 3.59. The monoisotopic (exact) mass is 164 g/mol. The second-order valence-electron chi connectivity index (χ2n) is 3.11. The Morgan fingerprint density at radius 3 is 2.58 bits per heavy atom. The highest BCUT2D eigenvalue weighted by molar-refractivity contribution is 5.52. The highest BCUT2D eigenvalue weighted by Gasteiger charge is 2.01. The fourth-order valence-corrected chi connectivity index (χ4v) is 1.19. The molecule has 1 unspecified atom stereocenters. The Morgan fingerprint density at radius 2 is 2.08 bits per heavy atom. The third-order valence-corrected chi connectivity index (χ3v) is 2.06. The summed E-state index contributed by atoms with van der Waals surface area (Å²) in [4.78, 5) is 0. The van der Waals surface area contributed by atoms with E-state index in [0.717, 1.165) is 5.69 Å². The van der Waals surface area contributed by atoms with Crippen LogP contribution in [0.2, 0.25) is 0 Å². The third-order valence-electron chi connectivity index (χ3n) is 2.06. The van der Waals surface area contributed by atoms with Crippen molar-refractivity contribution in [2.75, 3.05) is 12.4 Å². The molecule has 12 heavy (non-hydrogen) atoms. The van der Waals surface area contributed by atoms with Gasteiger partial charge in [0.1, 0.15) is 0 Å². The van der Waals surface area contributed by atoms with E-state index in [1.807, 2.05) is 14.0 Å². The maximum atomic E-state index is 5.76. The minimum atomic E-state index is 0.109. The maximum Gasteiger partial charge on any atom is 0.0370 e. The van der Waals surface area contributed by atoms with Gasteiger partial charge in [0, 0.05) is 18.8 Å². The summed E-state index contributed by atoms with van der Waals surface area (Å²) in [5, 5.41) is 3.13. The molecular formula is C10H16N2. The van der Waals surface area contributed by atoms with Crippen molar-refractivity contribution in [1.82, 2.24) is 0 Å². The number of hydrogen-bond acceptors (Lipinski definition) is 2. The highest BCUT2D eigenvalue weighted by Crippen LogP contribution is 2.19. The maximum absolute atomic E-state index is 5.76. The van der Waals surface area contributed by atoms with Gasteiger partial charge in [0.2, 0.25) is 0 Å². The number of hydrogen-bond donors (Lipinski definition) is 2. The van der Waals surface area contributed by atoms with Crippen LogP contribution in [0.25, 0.3) is 0 Å². The van der Waals surface area contributed by atoms with E-state index in [2.05, 4.69) is 30.4 Å². The standard InChI is InChI=1S/C10H16N2/c1-7-4-5-9(8(2)11)6-10(7)12-3/h4-6,8,12H,11H2,1-3H3. The molecule has 0 amide bonds. The lowest BCUT2D eigenvalue weighted by molar-refractivity contribution is 0.818. The smallest absolute Gasteiger partial charge is 0.0370 e. The first-order valence-electron chi connectivity index (χ1n) is 4.19. The van der Waals surface area contributed by atoms with Gasteiger partial charge in [-0.3, -0.25) is 0 Å². The van der Waals surface area contributed by atoms with Crippen molar-refractivity contribution in [3.63, 3.8) is 0 Å². The third kappa shape index (κ3) is 1.77. The van der Waals surface area contributed by atoms with Gasteiger partial charge in [0.05, 0.1) is 0 Å². The lowest BCUT2D eigenvalue weighted by Crippen LogP contribution is -2.05. The van der Waals surface area contributed by atoms with Crippen molar-refractivity contribution in [2.45, 2.75) is 19.9 Å². The van der Waals surface area contributed by atoms with E-state index < -0.39 is 0 Å². The molecule has 0 aliphatic rings. The van der Waals surface area contributed by atoms with Crippen LogP contribution in [0.4, 0.5) is 5.69 Å².